The molecule has 0 amide bonds. The van der Waals surface area contributed by atoms with Gasteiger partial charge in [-0.05, 0) is 26.3 Å². The fraction of sp³-hybridized carbons (Fsp3) is 0.538. The highest BCUT2D eigenvalue weighted by molar-refractivity contribution is 5.39. The Hall–Kier alpha value is -2.22. The Balaban J connectivity index is 2.33. The number of nitrogens with zero attached hydrogens (tertiary/aromatic N) is 5. The van der Waals surface area contributed by atoms with Crippen LogP contribution < -0.4 is 10.6 Å². The molecule has 8 heteroatoms. The minimum absolute atomic E-state index is 0.0342. The van der Waals surface area contributed by atoms with Crippen molar-refractivity contribution >= 4 is 11.9 Å². The number of aromatic nitrogens is 5. The molecule has 3 N–H and O–H groups in total. The van der Waals surface area contributed by atoms with E-state index < -0.39 is 5.54 Å². The van der Waals surface area contributed by atoms with Gasteiger partial charge in [0.05, 0.1) is 12.1 Å². The Bertz CT molecular complexity index is 568. The summed E-state index contributed by atoms with van der Waals surface area (Å²) in [5.74, 6) is 1.30. The molecular weight excluding hydrogens is 270 g/mol. The highest BCUT2D eigenvalue weighted by atomic mass is 16.3. The van der Waals surface area contributed by atoms with E-state index in [9.17, 15) is 5.11 Å². The molecule has 2 heterocycles. The Morgan fingerprint density at radius 1 is 1.24 bits per heavy atom. The average Bonchev–Trinajstić information content (AvgIpc) is 2.98. The van der Waals surface area contributed by atoms with Crippen LogP contribution in [0.3, 0.4) is 0 Å². The third-order valence-corrected chi connectivity index (χ3v) is 2.71. The molecular formula is C13H21N7O. The maximum atomic E-state index is 9.35. The molecule has 0 atom stereocenters. The molecule has 0 aliphatic carbocycles. The molecule has 2 aromatic heterocycles. The zero-order valence-corrected chi connectivity index (χ0v) is 12.5. The molecule has 0 aromatic carbocycles. The third-order valence-electron chi connectivity index (χ3n) is 2.71. The standard InChI is InChI=1S/C13H21N7O/c1-4-6-14-10-16-11(19-13(2,3)9-21)18-12(17-10)20-8-5-7-15-20/h5,7-8,21H,4,6,9H2,1-3H3,(H2,14,16,17,18,19). The smallest absolute Gasteiger partial charge is 0.257 e. The summed E-state index contributed by atoms with van der Waals surface area (Å²) in [5.41, 5.74) is -0.523. The van der Waals surface area contributed by atoms with E-state index in [1.807, 2.05) is 13.8 Å². The molecule has 0 bridgehead atoms. The van der Waals surface area contributed by atoms with Crippen molar-refractivity contribution in [2.45, 2.75) is 32.7 Å². The van der Waals surface area contributed by atoms with Gasteiger partial charge in [0.15, 0.2) is 0 Å². The van der Waals surface area contributed by atoms with Crippen molar-refractivity contribution in [3.63, 3.8) is 0 Å². The Morgan fingerprint density at radius 2 is 2.00 bits per heavy atom. The van der Waals surface area contributed by atoms with Crippen LogP contribution in [0, 0.1) is 0 Å². The summed E-state index contributed by atoms with van der Waals surface area (Å²) in [5, 5.41) is 19.7. The number of aliphatic hydroxyl groups is 1. The van der Waals surface area contributed by atoms with E-state index in [1.54, 1.807) is 23.1 Å². The summed E-state index contributed by atoms with van der Waals surface area (Å²) in [6, 6.07) is 1.80. The SMILES string of the molecule is CCCNc1nc(NC(C)(C)CO)nc(-n2cccn2)n1. The minimum Gasteiger partial charge on any atom is -0.394 e. The zero-order chi connectivity index (χ0) is 15.3. The van der Waals surface area contributed by atoms with E-state index in [-0.39, 0.29) is 6.61 Å². The molecule has 2 aromatic rings. The molecule has 0 saturated heterocycles. The van der Waals surface area contributed by atoms with Gasteiger partial charge in [-0.15, -0.1) is 0 Å². The van der Waals surface area contributed by atoms with Crippen molar-refractivity contribution < 1.29 is 5.11 Å². The number of rotatable bonds is 7. The molecule has 0 spiro atoms. The van der Waals surface area contributed by atoms with Crippen LogP contribution in [-0.2, 0) is 0 Å². The molecule has 0 unspecified atom stereocenters. The van der Waals surface area contributed by atoms with E-state index >= 15 is 0 Å². The monoisotopic (exact) mass is 291 g/mol. The molecule has 0 fully saturated rings. The molecule has 2 rings (SSSR count). The van der Waals surface area contributed by atoms with Crippen molar-refractivity contribution in [3.05, 3.63) is 18.5 Å². The van der Waals surface area contributed by atoms with Gasteiger partial charge < -0.3 is 15.7 Å². The van der Waals surface area contributed by atoms with E-state index in [0.717, 1.165) is 13.0 Å². The lowest BCUT2D eigenvalue weighted by Gasteiger charge is -2.23. The van der Waals surface area contributed by atoms with Crippen LogP contribution >= 0.6 is 0 Å². The quantitative estimate of drug-likeness (QED) is 0.701. The highest BCUT2D eigenvalue weighted by Crippen LogP contribution is 2.13. The first-order valence-electron chi connectivity index (χ1n) is 6.93. The van der Waals surface area contributed by atoms with Gasteiger partial charge in [0.1, 0.15) is 0 Å². The number of hydrogen-bond acceptors (Lipinski definition) is 7. The van der Waals surface area contributed by atoms with Crippen molar-refractivity contribution in [2.24, 2.45) is 0 Å². The van der Waals surface area contributed by atoms with Gasteiger partial charge >= 0.3 is 0 Å². The van der Waals surface area contributed by atoms with Crippen molar-refractivity contribution in [3.8, 4) is 5.95 Å². The number of hydrogen-bond donors (Lipinski definition) is 3. The maximum absolute atomic E-state index is 9.35. The van der Waals surface area contributed by atoms with Gasteiger partial charge in [-0.2, -0.15) is 20.1 Å². The second kappa shape index (κ2) is 6.49. The van der Waals surface area contributed by atoms with Gasteiger partial charge in [0, 0.05) is 18.9 Å². The molecule has 8 nitrogen and oxygen atoms in total. The average molecular weight is 291 g/mol. The van der Waals surface area contributed by atoms with E-state index in [0.29, 0.717) is 17.8 Å². The fourth-order valence-electron chi connectivity index (χ4n) is 1.57. The second-order valence-corrected chi connectivity index (χ2v) is 5.33. The van der Waals surface area contributed by atoms with Crippen LogP contribution in [0.25, 0.3) is 5.95 Å². The van der Waals surface area contributed by atoms with Crippen LogP contribution in [0.15, 0.2) is 18.5 Å². The fourth-order valence-corrected chi connectivity index (χ4v) is 1.57. The molecule has 0 saturated carbocycles. The Kier molecular flexibility index (Phi) is 4.69. The van der Waals surface area contributed by atoms with Crippen LogP contribution in [0.1, 0.15) is 27.2 Å². The number of nitrogens with one attached hydrogen (secondary N) is 2. The lowest BCUT2D eigenvalue weighted by Crippen LogP contribution is -2.36. The van der Waals surface area contributed by atoms with E-state index in [2.05, 4.69) is 37.6 Å². The molecule has 0 radical (unpaired) electrons. The molecule has 21 heavy (non-hydrogen) atoms. The van der Waals surface area contributed by atoms with Crippen molar-refractivity contribution in [1.82, 2.24) is 24.7 Å². The van der Waals surface area contributed by atoms with Crippen LogP contribution in [0.4, 0.5) is 11.9 Å². The predicted octanol–water partition coefficient (Wildman–Crippen LogP) is 1.06. The summed E-state index contributed by atoms with van der Waals surface area (Å²) in [4.78, 5) is 13.0. The maximum Gasteiger partial charge on any atom is 0.257 e. The predicted molar refractivity (Wildman–Crippen MR) is 80.5 cm³/mol. The summed E-state index contributed by atoms with van der Waals surface area (Å²) >= 11 is 0. The van der Waals surface area contributed by atoms with Crippen LogP contribution in [-0.4, -0.2) is 48.5 Å². The largest absolute Gasteiger partial charge is 0.394 e. The van der Waals surface area contributed by atoms with Gasteiger partial charge in [0.25, 0.3) is 5.95 Å². The normalized spacial score (nSPS) is 11.4. The summed E-state index contributed by atoms with van der Waals surface area (Å²) in [7, 11) is 0. The Labute approximate surface area is 123 Å². The van der Waals surface area contributed by atoms with Crippen molar-refractivity contribution in [1.29, 1.82) is 0 Å². The van der Waals surface area contributed by atoms with E-state index in [4.69, 9.17) is 0 Å². The van der Waals surface area contributed by atoms with Gasteiger partial charge in [-0.1, -0.05) is 6.92 Å². The number of aliphatic hydroxyl groups excluding tert-OH is 1. The lowest BCUT2D eigenvalue weighted by atomic mass is 10.1. The van der Waals surface area contributed by atoms with Gasteiger partial charge in [0.2, 0.25) is 11.9 Å². The second-order valence-electron chi connectivity index (χ2n) is 5.33. The van der Waals surface area contributed by atoms with Crippen LogP contribution in [0.2, 0.25) is 0 Å². The first-order valence-corrected chi connectivity index (χ1v) is 6.93. The zero-order valence-electron chi connectivity index (χ0n) is 12.5. The first-order chi connectivity index (χ1) is 10.0. The third kappa shape index (κ3) is 4.12. The first kappa shape index (κ1) is 15.2. The van der Waals surface area contributed by atoms with Crippen LogP contribution in [0.5, 0.6) is 0 Å². The molecule has 114 valence electrons. The number of anilines is 2. The van der Waals surface area contributed by atoms with Gasteiger partial charge in [-0.25, -0.2) is 4.68 Å². The topological polar surface area (TPSA) is 101 Å². The highest BCUT2D eigenvalue weighted by Gasteiger charge is 2.19. The summed E-state index contributed by atoms with van der Waals surface area (Å²) in [6.45, 7) is 6.53. The summed E-state index contributed by atoms with van der Waals surface area (Å²) in [6.07, 6.45) is 4.39. The molecule has 0 aliphatic heterocycles. The van der Waals surface area contributed by atoms with Gasteiger partial charge in [-0.3, -0.25) is 0 Å². The molecule has 0 aliphatic rings. The minimum atomic E-state index is -0.523. The lowest BCUT2D eigenvalue weighted by molar-refractivity contribution is 0.233. The van der Waals surface area contributed by atoms with E-state index in [1.165, 1.54) is 0 Å². The van der Waals surface area contributed by atoms with Crippen molar-refractivity contribution in [2.75, 3.05) is 23.8 Å². The summed E-state index contributed by atoms with van der Waals surface area (Å²) < 4.78 is 1.57. The Morgan fingerprint density at radius 3 is 2.62 bits per heavy atom.